The van der Waals surface area contributed by atoms with Gasteiger partial charge >= 0.3 is 0 Å². The number of anilines is 1. The lowest BCUT2D eigenvalue weighted by Crippen LogP contribution is -2.27. The fourth-order valence-corrected chi connectivity index (χ4v) is 1.87. The smallest absolute Gasteiger partial charge is 0.243 e. The van der Waals surface area contributed by atoms with Crippen LogP contribution in [0.5, 0.6) is 0 Å². The number of hydrogen-bond donors (Lipinski definition) is 2. The highest BCUT2D eigenvalue weighted by atomic mass is 16.1. The number of carbonyl (C=O) groups is 1. The van der Waals surface area contributed by atoms with E-state index in [0.29, 0.717) is 5.69 Å². The van der Waals surface area contributed by atoms with Gasteiger partial charge in [0.25, 0.3) is 0 Å². The summed E-state index contributed by atoms with van der Waals surface area (Å²) in [6.07, 6.45) is 12.2. The molecule has 0 saturated heterocycles. The summed E-state index contributed by atoms with van der Waals surface area (Å²) in [5.74, 6) is -0.147. The van der Waals surface area contributed by atoms with Gasteiger partial charge in [-0.15, -0.1) is 0 Å². The van der Waals surface area contributed by atoms with Gasteiger partial charge in [0, 0.05) is 29.4 Å². The summed E-state index contributed by atoms with van der Waals surface area (Å²) < 4.78 is 0. The van der Waals surface area contributed by atoms with E-state index in [4.69, 9.17) is 0 Å². The predicted molar refractivity (Wildman–Crippen MR) is 104 cm³/mol. The maximum absolute atomic E-state index is 12.0. The Hall–Kier alpha value is -3.14. The van der Waals surface area contributed by atoms with E-state index in [1.165, 1.54) is 6.20 Å². The Labute approximate surface area is 143 Å². The summed E-state index contributed by atoms with van der Waals surface area (Å²) in [6.45, 7) is 13.1. The maximum atomic E-state index is 12.0. The number of benzene rings is 1. The minimum atomic E-state index is -0.147. The molecule has 1 aromatic rings. The first-order valence-electron chi connectivity index (χ1n) is 7.54. The SMILES string of the molecule is C=CN=Cc1ccc(NC(=O)CN/C(C=C)=C/C=C\C)cc1C=C. The lowest BCUT2D eigenvalue weighted by molar-refractivity contribution is -0.115. The van der Waals surface area contributed by atoms with E-state index in [1.807, 2.05) is 43.4 Å². The summed E-state index contributed by atoms with van der Waals surface area (Å²) in [5.41, 5.74) is 3.27. The van der Waals surface area contributed by atoms with Gasteiger partial charge in [0.05, 0.1) is 6.54 Å². The Morgan fingerprint density at radius 3 is 2.67 bits per heavy atom. The number of carbonyl (C=O) groups excluding carboxylic acids is 1. The molecule has 0 fully saturated rings. The molecule has 24 heavy (non-hydrogen) atoms. The van der Waals surface area contributed by atoms with Crippen molar-refractivity contribution in [2.75, 3.05) is 11.9 Å². The topological polar surface area (TPSA) is 53.5 Å². The Bertz CT molecular complexity index is 697. The van der Waals surface area contributed by atoms with E-state index in [1.54, 1.807) is 18.4 Å². The first kappa shape index (κ1) is 18.9. The van der Waals surface area contributed by atoms with E-state index < -0.39 is 0 Å². The first-order chi connectivity index (χ1) is 11.6. The zero-order chi connectivity index (χ0) is 17.8. The fourth-order valence-electron chi connectivity index (χ4n) is 1.87. The second-order valence-electron chi connectivity index (χ2n) is 4.76. The van der Waals surface area contributed by atoms with Gasteiger partial charge in [0.2, 0.25) is 5.91 Å². The van der Waals surface area contributed by atoms with Crippen LogP contribution in [-0.4, -0.2) is 18.7 Å². The normalized spacial score (nSPS) is 11.5. The van der Waals surface area contributed by atoms with Crippen molar-refractivity contribution in [3.63, 3.8) is 0 Å². The largest absolute Gasteiger partial charge is 0.376 e. The quantitative estimate of drug-likeness (QED) is 0.532. The molecule has 2 N–H and O–H groups in total. The molecule has 0 aromatic heterocycles. The summed E-state index contributed by atoms with van der Waals surface area (Å²) in [6, 6.07) is 5.53. The number of hydrogen-bond acceptors (Lipinski definition) is 3. The molecular formula is C20H23N3O. The van der Waals surface area contributed by atoms with Crippen molar-refractivity contribution in [2.45, 2.75) is 6.92 Å². The maximum Gasteiger partial charge on any atom is 0.243 e. The van der Waals surface area contributed by atoms with Crippen molar-refractivity contribution >= 4 is 23.9 Å². The van der Waals surface area contributed by atoms with E-state index in [2.05, 4.69) is 35.4 Å². The molecule has 0 saturated carbocycles. The van der Waals surface area contributed by atoms with Crippen molar-refractivity contribution in [2.24, 2.45) is 4.99 Å². The molecule has 4 heteroatoms. The third-order valence-corrected chi connectivity index (χ3v) is 3.05. The van der Waals surface area contributed by atoms with E-state index in [0.717, 1.165) is 16.8 Å². The van der Waals surface area contributed by atoms with Crippen LogP contribution in [0.2, 0.25) is 0 Å². The van der Waals surface area contributed by atoms with Gasteiger partial charge < -0.3 is 10.6 Å². The average Bonchev–Trinajstić information content (AvgIpc) is 2.60. The molecule has 0 atom stereocenters. The van der Waals surface area contributed by atoms with Crippen LogP contribution in [0.1, 0.15) is 18.1 Å². The average molecular weight is 321 g/mol. The van der Waals surface area contributed by atoms with Gasteiger partial charge in [-0.25, -0.2) is 0 Å². The van der Waals surface area contributed by atoms with Gasteiger partial charge in [-0.1, -0.05) is 44.0 Å². The van der Waals surface area contributed by atoms with Gasteiger partial charge in [-0.05, 0) is 36.8 Å². The minimum absolute atomic E-state index is 0.147. The second kappa shape index (κ2) is 10.6. The van der Waals surface area contributed by atoms with Crippen LogP contribution in [-0.2, 0) is 4.79 Å². The summed E-state index contributed by atoms with van der Waals surface area (Å²) in [4.78, 5) is 16.0. The number of allylic oxidation sites excluding steroid dienone is 4. The van der Waals surface area contributed by atoms with Crippen LogP contribution in [0.15, 0.2) is 79.1 Å². The van der Waals surface area contributed by atoms with Crippen molar-refractivity contribution < 1.29 is 4.79 Å². The third-order valence-electron chi connectivity index (χ3n) is 3.05. The monoisotopic (exact) mass is 321 g/mol. The van der Waals surface area contributed by atoms with Crippen molar-refractivity contribution in [1.29, 1.82) is 0 Å². The van der Waals surface area contributed by atoms with E-state index >= 15 is 0 Å². The van der Waals surface area contributed by atoms with Crippen molar-refractivity contribution in [3.05, 3.63) is 85.3 Å². The summed E-state index contributed by atoms with van der Waals surface area (Å²) in [7, 11) is 0. The molecule has 1 aromatic carbocycles. The highest BCUT2D eigenvalue weighted by Crippen LogP contribution is 2.16. The number of nitrogens with zero attached hydrogens (tertiary/aromatic N) is 1. The summed E-state index contributed by atoms with van der Waals surface area (Å²) in [5, 5.41) is 5.86. The molecule has 124 valence electrons. The minimum Gasteiger partial charge on any atom is -0.376 e. The van der Waals surface area contributed by atoms with Crippen LogP contribution in [0.4, 0.5) is 5.69 Å². The van der Waals surface area contributed by atoms with E-state index in [-0.39, 0.29) is 12.5 Å². The van der Waals surface area contributed by atoms with Crippen molar-refractivity contribution in [3.8, 4) is 0 Å². The Morgan fingerprint density at radius 2 is 2.04 bits per heavy atom. The molecule has 0 bridgehead atoms. The number of rotatable bonds is 9. The molecule has 0 radical (unpaired) electrons. The van der Waals surface area contributed by atoms with Gasteiger partial charge in [0.1, 0.15) is 0 Å². The lowest BCUT2D eigenvalue weighted by atomic mass is 10.1. The molecule has 1 rings (SSSR count). The summed E-state index contributed by atoms with van der Waals surface area (Å²) >= 11 is 0. The standard InChI is InChI=1S/C20H23N3O/c1-5-9-10-18(7-3)22-15-20(24)23-19-12-11-17(14-21-8-4)16(6-2)13-19/h5-14,22H,2-4,15H2,1H3,(H,23,24)/b9-5-,18-10+,21-14?. The molecular weight excluding hydrogens is 298 g/mol. The van der Waals surface area contributed by atoms with Gasteiger partial charge in [-0.2, -0.15) is 0 Å². The first-order valence-corrected chi connectivity index (χ1v) is 7.54. The number of amides is 1. The molecule has 0 unspecified atom stereocenters. The van der Waals surface area contributed by atoms with Crippen LogP contribution in [0.25, 0.3) is 6.08 Å². The Balaban J connectivity index is 2.73. The molecule has 0 heterocycles. The zero-order valence-electron chi connectivity index (χ0n) is 14.0. The molecule has 4 nitrogen and oxygen atoms in total. The molecule has 0 aliphatic rings. The van der Waals surface area contributed by atoms with Gasteiger partial charge in [0.15, 0.2) is 0 Å². The van der Waals surface area contributed by atoms with Crippen LogP contribution < -0.4 is 10.6 Å². The highest BCUT2D eigenvalue weighted by Gasteiger charge is 2.04. The fraction of sp³-hybridized carbons (Fsp3) is 0.100. The van der Waals surface area contributed by atoms with Crippen molar-refractivity contribution in [1.82, 2.24) is 5.32 Å². The molecule has 0 aliphatic heterocycles. The molecule has 0 aliphatic carbocycles. The molecule has 1 amide bonds. The lowest BCUT2D eigenvalue weighted by Gasteiger charge is -2.10. The van der Waals surface area contributed by atoms with Crippen LogP contribution >= 0.6 is 0 Å². The zero-order valence-corrected chi connectivity index (χ0v) is 14.0. The highest BCUT2D eigenvalue weighted by molar-refractivity contribution is 5.94. The van der Waals surface area contributed by atoms with E-state index in [9.17, 15) is 4.79 Å². The van der Waals surface area contributed by atoms with Crippen LogP contribution in [0, 0.1) is 0 Å². The number of nitrogens with one attached hydrogen (secondary N) is 2. The Morgan fingerprint density at radius 1 is 1.25 bits per heavy atom. The predicted octanol–water partition coefficient (Wildman–Crippen LogP) is 4.07. The molecule has 0 spiro atoms. The number of aliphatic imine (C=N–C) groups is 1. The van der Waals surface area contributed by atoms with Crippen LogP contribution in [0.3, 0.4) is 0 Å². The second-order valence-corrected chi connectivity index (χ2v) is 4.76. The third kappa shape index (κ3) is 6.32. The Kier molecular flexibility index (Phi) is 8.32. The van der Waals surface area contributed by atoms with Gasteiger partial charge in [-0.3, -0.25) is 9.79 Å².